The van der Waals surface area contributed by atoms with Gasteiger partial charge in [-0.15, -0.1) is 0 Å². The molecule has 0 saturated carbocycles. The SMILES string of the molecule is CCCCCCCCCCCCCCCCCCCCC(=O)O[C@H](COC(=O)CCCCCCCCCCCCCC(C)C)COP(=O)(O)OC[C@@H](O)COP(=O)(O)OC[C@@H](COC(=O)CCCCCCCCC)OC(=O)CCCCCCCCCCC(C)C. The van der Waals surface area contributed by atoms with Crippen LogP contribution < -0.4 is 0 Å². The minimum atomic E-state index is -4.95. The lowest BCUT2D eigenvalue weighted by atomic mass is 10.0. The highest BCUT2D eigenvalue weighted by atomic mass is 31.2. The summed E-state index contributed by atoms with van der Waals surface area (Å²) in [5.74, 6) is -0.639. The van der Waals surface area contributed by atoms with Crippen molar-refractivity contribution in [2.24, 2.45) is 11.8 Å². The summed E-state index contributed by atoms with van der Waals surface area (Å²) in [4.78, 5) is 72.4. The second kappa shape index (κ2) is 63.1. The number of hydrogen-bond acceptors (Lipinski definition) is 15. The molecule has 0 radical (unpaired) electrons. The Hall–Kier alpha value is -1.94. The highest BCUT2D eigenvalue weighted by molar-refractivity contribution is 7.47. The van der Waals surface area contributed by atoms with Gasteiger partial charge in [-0.05, 0) is 37.5 Å². The summed E-state index contributed by atoms with van der Waals surface area (Å²) in [7, 11) is -9.90. The van der Waals surface area contributed by atoms with Gasteiger partial charge in [0.05, 0.1) is 26.4 Å². The fraction of sp³-hybridized carbons (Fsp3) is 0.944. The predicted octanol–water partition coefficient (Wildman–Crippen LogP) is 20.4. The first kappa shape index (κ1) is 88.1. The number of hydrogen-bond donors (Lipinski definition) is 3. The van der Waals surface area contributed by atoms with Crippen LogP contribution in [0.5, 0.6) is 0 Å². The van der Waals surface area contributed by atoms with E-state index in [1.165, 1.54) is 167 Å². The highest BCUT2D eigenvalue weighted by Crippen LogP contribution is 2.45. The van der Waals surface area contributed by atoms with Crippen molar-refractivity contribution < 1.29 is 80.2 Å². The zero-order valence-electron chi connectivity index (χ0n) is 58.4. The van der Waals surface area contributed by atoms with Gasteiger partial charge >= 0.3 is 39.5 Å². The molecule has 0 aromatic heterocycles. The van der Waals surface area contributed by atoms with Gasteiger partial charge in [-0.1, -0.05) is 311 Å². The molecule has 0 saturated heterocycles. The number of rotatable bonds is 70. The zero-order valence-corrected chi connectivity index (χ0v) is 60.2. The molecule has 17 nitrogen and oxygen atoms in total. The van der Waals surface area contributed by atoms with Crippen molar-refractivity contribution in [3.8, 4) is 0 Å². The van der Waals surface area contributed by atoms with Gasteiger partial charge in [-0.2, -0.15) is 0 Å². The molecule has 0 aromatic rings. The number of unbranched alkanes of at least 4 members (excludes halogenated alkanes) is 40. The number of carbonyl (C=O) groups excluding carboxylic acids is 4. The lowest BCUT2D eigenvalue weighted by molar-refractivity contribution is -0.161. The third-order valence-electron chi connectivity index (χ3n) is 16.5. The van der Waals surface area contributed by atoms with Crippen LogP contribution in [-0.4, -0.2) is 96.7 Å². The van der Waals surface area contributed by atoms with Crippen LogP contribution in [0.25, 0.3) is 0 Å². The van der Waals surface area contributed by atoms with Gasteiger partial charge in [0, 0.05) is 25.7 Å². The van der Waals surface area contributed by atoms with Crippen molar-refractivity contribution in [2.75, 3.05) is 39.6 Å². The van der Waals surface area contributed by atoms with Gasteiger partial charge in [0.15, 0.2) is 12.2 Å². The molecule has 534 valence electrons. The number of phosphoric ester groups is 2. The summed E-state index contributed by atoms with van der Waals surface area (Å²) < 4.78 is 68.2. The van der Waals surface area contributed by atoms with Crippen LogP contribution in [0.4, 0.5) is 0 Å². The number of esters is 4. The van der Waals surface area contributed by atoms with E-state index in [0.717, 1.165) is 115 Å². The molecule has 0 fully saturated rings. The molecule has 0 aliphatic carbocycles. The Bertz CT molecular complexity index is 1750. The van der Waals surface area contributed by atoms with Crippen molar-refractivity contribution in [3.05, 3.63) is 0 Å². The van der Waals surface area contributed by atoms with Gasteiger partial charge in [0.25, 0.3) is 0 Å². The first-order chi connectivity index (χ1) is 43.4. The summed E-state index contributed by atoms with van der Waals surface area (Å²) in [5.41, 5.74) is 0. The molecule has 0 heterocycles. The molecule has 2 unspecified atom stereocenters. The van der Waals surface area contributed by atoms with E-state index in [4.69, 9.17) is 37.0 Å². The third kappa shape index (κ3) is 64.8. The van der Waals surface area contributed by atoms with Crippen LogP contribution in [0.1, 0.15) is 363 Å². The van der Waals surface area contributed by atoms with E-state index < -0.39 is 97.5 Å². The third-order valence-corrected chi connectivity index (χ3v) is 18.4. The molecule has 0 aliphatic heterocycles. The van der Waals surface area contributed by atoms with E-state index >= 15 is 0 Å². The number of phosphoric acid groups is 2. The Morgan fingerprint density at radius 2 is 0.511 bits per heavy atom. The van der Waals surface area contributed by atoms with E-state index in [-0.39, 0.29) is 25.7 Å². The number of aliphatic hydroxyl groups excluding tert-OH is 1. The average molecular weight is 1330 g/mol. The van der Waals surface area contributed by atoms with Crippen LogP contribution in [0.3, 0.4) is 0 Å². The van der Waals surface area contributed by atoms with E-state index in [1.807, 2.05) is 0 Å². The normalized spacial score (nSPS) is 14.1. The predicted molar refractivity (Wildman–Crippen MR) is 363 cm³/mol. The molecular formula is C71H138O17P2. The maximum atomic E-state index is 13.0. The van der Waals surface area contributed by atoms with E-state index in [0.29, 0.717) is 25.7 Å². The highest BCUT2D eigenvalue weighted by Gasteiger charge is 2.30. The second-order valence-corrected chi connectivity index (χ2v) is 29.5. The Balaban J connectivity index is 5.19. The quantitative estimate of drug-likeness (QED) is 0.0222. The van der Waals surface area contributed by atoms with Gasteiger partial charge < -0.3 is 33.8 Å². The summed E-state index contributed by atoms with van der Waals surface area (Å²) in [6.07, 6.45) is 48.8. The number of ether oxygens (including phenoxy) is 4. The smallest absolute Gasteiger partial charge is 0.462 e. The maximum Gasteiger partial charge on any atom is 0.472 e. The molecule has 0 rings (SSSR count). The topological polar surface area (TPSA) is 237 Å². The van der Waals surface area contributed by atoms with Crippen molar-refractivity contribution in [3.63, 3.8) is 0 Å². The summed E-state index contributed by atoms with van der Waals surface area (Å²) in [6, 6.07) is 0. The average Bonchev–Trinajstić information content (AvgIpc) is 3.71. The van der Waals surface area contributed by atoms with Crippen molar-refractivity contribution in [2.45, 2.75) is 381 Å². The van der Waals surface area contributed by atoms with Crippen LogP contribution in [0.15, 0.2) is 0 Å². The largest absolute Gasteiger partial charge is 0.472 e. The summed E-state index contributed by atoms with van der Waals surface area (Å²) in [6.45, 7) is 9.48. The molecular weight excluding hydrogens is 1190 g/mol. The van der Waals surface area contributed by atoms with Gasteiger partial charge in [-0.25, -0.2) is 9.13 Å². The Morgan fingerprint density at radius 1 is 0.300 bits per heavy atom. The molecule has 19 heteroatoms. The molecule has 90 heavy (non-hydrogen) atoms. The minimum absolute atomic E-state index is 0.104. The van der Waals surface area contributed by atoms with Crippen molar-refractivity contribution >= 4 is 39.5 Å². The Kier molecular flexibility index (Phi) is 61.8. The maximum absolute atomic E-state index is 13.0. The van der Waals surface area contributed by atoms with E-state index in [1.54, 1.807) is 0 Å². The summed E-state index contributed by atoms with van der Waals surface area (Å²) in [5, 5.41) is 10.6. The van der Waals surface area contributed by atoms with E-state index in [9.17, 15) is 43.2 Å². The van der Waals surface area contributed by atoms with Gasteiger partial charge in [0.1, 0.15) is 19.3 Å². The second-order valence-electron chi connectivity index (χ2n) is 26.6. The summed E-state index contributed by atoms with van der Waals surface area (Å²) >= 11 is 0. The van der Waals surface area contributed by atoms with Crippen molar-refractivity contribution in [1.82, 2.24) is 0 Å². The first-order valence-corrected chi connectivity index (χ1v) is 40.0. The van der Waals surface area contributed by atoms with Gasteiger partial charge in [-0.3, -0.25) is 37.3 Å². The molecule has 0 spiro atoms. The molecule has 5 atom stereocenters. The van der Waals surface area contributed by atoms with Crippen LogP contribution in [0, 0.1) is 11.8 Å². The Morgan fingerprint density at radius 3 is 0.756 bits per heavy atom. The molecule has 0 aliphatic rings. The minimum Gasteiger partial charge on any atom is -0.462 e. The number of aliphatic hydroxyl groups is 1. The molecule has 0 bridgehead atoms. The lowest BCUT2D eigenvalue weighted by Crippen LogP contribution is -2.30. The lowest BCUT2D eigenvalue weighted by Gasteiger charge is -2.21. The first-order valence-electron chi connectivity index (χ1n) is 37.0. The molecule has 0 amide bonds. The standard InChI is InChI=1S/C71H138O17P2/c1-7-9-11-13-15-16-17-18-19-20-21-22-23-26-30-37-43-49-55-70(75)87-67(60-82-69(74)54-48-42-36-29-27-24-25-28-34-39-45-51-63(3)4)62-86-90(79,80)84-58-65(72)57-83-89(77,78)85-61-66(59-81-68(73)53-47-41-33-14-12-10-8-2)88-71(76)56-50-44-38-32-31-35-40-46-52-64(5)6/h63-67,72H,7-62H2,1-6H3,(H,77,78)(H,79,80)/t65-,66+,67+/m0/s1. The number of carbonyl (C=O) groups is 4. The Labute approximate surface area is 549 Å². The van der Waals surface area contributed by atoms with Crippen LogP contribution >= 0.6 is 15.6 Å². The van der Waals surface area contributed by atoms with Crippen LogP contribution in [0.2, 0.25) is 0 Å². The van der Waals surface area contributed by atoms with Crippen molar-refractivity contribution in [1.29, 1.82) is 0 Å². The van der Waals surface area contributed by atoms with Crippen LogP contribution in [-0.2, 0) is 65.4 Å². The van der Waals surface area contributed by atoms with E-state index in [2.05, 4.69) is 41.5 Å². The molecule has 3 N–H and O–H groups in total. The monoisotopic (exact) mass is 1320 g/mol. The van der Waals surface area contributed by atoms with Gasteiger partial charge in [0.2, 0.25) is 0 Å². The fourth-order valence-corrected chi connectivity index (χ4v) is 12.3. The zero-order chi connectivity index (χ0) is 66.5. The molecule has 0 aromatic carbocycles. The fourth-order valence-electron chi connectivity index (χ4n) is 10.8.